The van der Waals surface area contributed by atoms with Crippen molar-refractivity contribution in [3.8, 4) is 11.6 Å². The van der Waals surface area contributed by atoms with Gasteiger partial charge in [0, 0.05) is 6.07 Å². The van der Waals surface area contributed by atoms with E-state index < -0.39 is 0 Å². The van der Waals surface area contributed by atoms with Gasteiger partial charge in [-0.1, -0.05) is 37.6 Å². The molecule has 0 N–H and O–H groups in total. The van der Waals surface area contributed by atoms with Crippen LogP contribution in [0, 0.1) is 6.92 Å². The zero-order chi connectivity index (χ0) is 14.7. The van der Waals surface area contributed by atoms with E-state index in [0.717, 1.165) is 16.9 Å². The maximum Gasteiger partial charge on any atom is 0.219 e. The van der Waals surface area contributed by atoms with Crippen LogP contribution in [0.4, 0.5) is 0 Å². The number of pyridine rings is 1. The number of ether oxygens (including phenoxy) is 1. The second-order valence-electron chi connectivity index (χ2n) is 5.01. The highest BCUT2D eigenvalue weighted by molar-refractivity contribution is 6.32. The van der Waals surface area contributed by atoms with Gasteiger partial charge in [-0.2, -0.15) is 0 Å². The summed E-state index contributed by atoms with van der Waals surface area (Å²) in [5.74, 6) is 1.99. The molecule has 0 aliphatic rings. The maximum atomic E-state index is 6.00. The third kappa shape index (κ3) is 3.44. The van der Waals surface area contributed by atoms with Crippen molar-refractivity contribution in [2.45, 2.75) is 32.6 Å². The summed E-state index contributed by atoms with van der Waals surface area (Å²) in [7, 11) is 0. The van der Waals surface area contributed by atoms with Gasteiger partial charge >= 0.3 is 0 Å². The van der Waals surface area contributed by atoms with Crippen LogP contribution >= 0.6 is 23.2 Å². The highest BCUT2D eigenvalue weighted by Gasteiger charge is 2.11. The van der Waals surface area contributed by atoms with Crippen LogP contribution in [0.25, 0.3) is 0 Å². The molecule has 0 saturated carbocycles. The third-order valence-corrected chi connectivity index (χ3v) is 3.62. The minimum absolute atomic E-state index is 0.265. The molecule has 0 saturated heterocycles. The molecule has 0 radical (unpaired) electrons. The number of hydrogen-bond donors (Lipinski definition) is 0. The van der Waals surface area contributed by atoms with Crippen molar-refractivity contribution in [1.29, 1.82) is 0 Å². The molecular formula is C16H17Cl2NO. The van der Waals surface area contributed by atoms with Gasteiger partial charge in [-0.25, -0.2) is 4.98 Å². The van der Waals surface area contributed by atoms with E-state index in [9.17, 15) is 0 Å². The first kappa shape index (κ1) is 15.1. The van der Waals surface area contributed by atoms with Gasteiger partial charge in [-0.3, -0.25) is 0 Å². The molecule has 106 valence electrons. The summed E-state index contributed by atoms with van der Waals surface area (Å²) >= 11 is 11.8. The van der Waals surface area contributed by atoms with Crippen LogP contribution in [0.15, 0.2) is 30.3 Å². The monoisotopic (exact) mass is 309 g/mol. The number of alkyl halides is 1. The molecule has 20 heavy (non-hydrogen) atoms. The smallest absolute Gasteiger partial charge is 0.219 e. The molecule has 0 spiro atoms. The van der Waals surface area contributed by atoms with Crippen molar-refractivity contribution in [3.05, 3.63) is 52.2 Å². The van der Waals surface area contributed by atoms with Gasteiger partial charge in [0.15, 0.2) is 0 Å². The van der Waals surface area contributed by atoms with Crippen molar-refractivity contribution >= 4 is 23.2 Å². The van der Waals surface area contributed by atoms with Gasteiger partial charge in [-0.15, -0.1) is 11.6 Å². The molecule has 0 amide bonds. The number of hydrogen-bond acceptors (Lipinski definition) is 2. The summed E-state index contributed by atoms with van der Waals surface area (Å²) in [6.45, 7) is 6.31. The Morgan fingerprint density at radius 3 is 2.60 bits per heavy atom. The van der Waals surface area contributed by atoms with Crippen molar-refractivity contribution in [2.24, 2.45) is 0 Å². The topological polar surface area (TPSA) is 22.1 Å². The molecular weight excluding hydrogens is 293 g/mol. The van der Waals surface area contributed by atoms with E-state index in [0.29, 0.717) is 22.5 Å². The molecule has 0 unspecified atom stereocenters. The van der Waals surface area contributed by atoms with Crippen LogP contribution in [0.1, 0.15) is 36.6 Å². The van der Waals surface area contributed by atoms with Crippen LogP contribution in [0.5, 0.6) is 11.6 Å². The van der Waals surface area contributed by atoms with Crippen LogP contribution in [0.2, 0.25) is 5.02 Å². The Hall–Kier alpha value is -1.25. The summed E-state index contributed by atoms with van der Waals surface area (Å²) in [5, 5.41) is 0.556. The molecule has 0 aliphatic carbocycles. The molecule has 0 fully saturated rings. The summed E-state index contributed by atoms with van der Waals surface area (Å²) in [6, 6.07) is 9.71. The van der Waals surface area contributed by atoms with E-state index in [-0.39, 0.29) is 5.88 Å². The molecule has 1 heterocycles. The molecule has 1 aromatic carbocycles. The zero-order valence-electron chi connectivity index (χ0n) is 11.8. The standard InChI is InChI=1S/C16H17Cl2NO/c1-10(2)12-5-4-11(3)8-15(12)20-16-7-6-13(18)14(9-17)19-16/h4-8,10H,9H2,1-3H3. The van der Waals surface area contributed by atoms with Gasteiger partial charge in [0.2, 0.25) is 5.88 Å². The fraction of sp³-hybridized carbons (Fsp3) is 0.312. The average Bonchev–Trinajstić information content (AvgIpc) is 2.40. The lowest BCUT2D eigenvalue weighted by atomic mass is 10.0. The van der Waals surface area contributed by atoms with Gasteiger partial charge in [-0.05, 0) is 36.1 Å². The fourth-order valence-corrected chi connectivity index (χ4v) is 2.38. The Morgan fingerprint density at radius 1 is 1.20 bits per heavy atom. The number of benzene rings is 1. The number of aryl methyl sites for hydroxylation is 1. The highest BCUT2D eigenvalue weighted by Crippen LogP contribution is 2.31. The van der Waals surface area contributed by atoms with Crippen LogP contribution in [0.3, 0.4) is 0 Å². The first-order chi connectivity index (χ1) is 9.51. The quantitative estimate of drug-likeness (QED) is 0.676. The first-order valence-corrected chi connectivity index (χ1v) is 7.42. The van der Waals surface area contributed by atoms with E-state index in [4.69, 9.17) is 27.9 Å². The van der Waals surface area contributed by atoms with Gasteiger partial charge in [0.05, 0.1) is 16.6 Å². The Bertz CT molecular complexity index is 611. The number of nitrogens with zero attached hydrogens (tertiary/aromatic N) is 1. The molecule has 0 aliphatic heterocycles. The largest absolute Gasteiger partial charge is 0.439 e. The number of aromatic nitrogens is 1. The SMILES string of the molecule is Cc1ccc(C(C)C)c(Oc2ccc(Cl)c(CCl)n2)c1. The van der Waals surface area contributed by atoms with Crippen molar-refractivity contribution in [1.82, 2.24) is 4.98 Å². The predicted octanol–water partition coefficient (Wildman–Crippen LogP) is 5.70. The van der Waals surface area contributed by atoms with Crippen molar-refractivity contribution in [2.75, 3.05) is 0 Å². The Kier molecular flexibility index (Phi) is 4.90. The molecule has 1 aromatic heterocycles. The third-order valence-electron chi connectivity index (χ3n) is 3.03. The zero-order valence-corrected chi connectivity index (χ0v) is 13.3. The molecule has 2 nitrogen and oxygen atoms in total. The second kappa shape index (κ2) is 6.47. The number of halogens is 2. The highest BCUT2D eigenvalue weighted by atomic mass is 35.5. The normalized spacial score (nSPS) is 10.9. The predicted molar refractivity (Wildman–Crippen MR) is 84.1 cm³/mol. The number of rotatable bonds is 4. The fourth-order valence-electron chi connectivity index (χ4n) is 1.93. The van der Waals surface area contributed by atoms with Crippen LogP contribution < -0.4 is 4.74 Å². The average molecular weight is 310 g/mol. The molecule has 4 heteroatoms. The van der Waals surface area contributed by atoms with Crippen LogP contribution in [-0.4, -0.2) is 4.98 Å². The lowest BCUT2D eigenvalue weighted by molar-refractivity contribution is 0.452. The minimum atomic E-state index is 0.265. The van der Waals surface area contributed by atoms with E-state index in [1.54, 1.807) is 12.1 Å². The van der Waals surface area contributed by atoms with Crippen molar-refractivity contribution in [3.63, 3.8) is 0 Å². The van der Waals surface area contributed by atoms with Gasteiger partial charge < -0.3 is 4.74 Å². The Morgan fingerprint density at radius 2 is 1.95 bits per heavy atom. The molecule has 2 aromatic rings. The van der Waals surface area contributed by atoms with E-state index in [2.05, 4.69) is 31.0 Å². The maximum absolute atomic E-state index is 6.00. The molecule has 2 rings (SSSR count). The lowest BCUT2D eigenvalue weighted by Gasteiger charge is -2.14. The molecule has 0 bridgehead atoms. The summed E-state index contributed by atoms with van der Waals surface area (Å²) in [4.78, 5) is 4.33. The van der Waals surface area contributed by atoms with E-state index in [1.165, 1.54) is 0 Å². The second-order valence-corrected chi connectivity index (χ2v) is 5.68. The molecule has 0 atom stereocenters. The van der Waals surface area contributed by atoms with E-state index >= 15 is 0 Å². The summed E-state index contributed by atoms with van der Waals surface area (Å²) in [5.41, 5.74) is 2.93. The minimum Gasteiger partial charge on any atom is -0.439 e. The first-order valence-electron chi connectivity index (χ1n) is 6.51. The van der Waals surface area contributed by atoms with E-state index in [1.807, 2.05) is 13.0 Å². The Balaban J connectivity index is 2.36. The van der Waals surface area contributed by atoms with Gasteiger partial charge in [0.25, 0.3) is 0 Å². The van der Waals surface area contributed by atoms with Gasteiger partial charge in [0.1, 0.15) is 5.75 Å². The lowest BCUT2D eigenvalue weighted by Crippen LogP contribution is -1.97. The Labute approximate surface area is 129 Å². The van der Waals surface area contributed by atoms with Crippen LogP contribution in [-0.2, 0) is 5.88 Å². The van der Waals surface area contributed by atoms with Crippen molar-refractivity contribution < 1.29 is 4.74 Å². The summed E-state index contributed by atoms with van der Waals surface area (Å²) in [6.07, 6.45) is 0. The summed E-state index contributed by atoms with van der Waals surface area (Å²) < 4.78 is 5.92.